The lowest BCUT2D eigenvalue weighted by Crippen LogP contribution is -2.01. The smallest absolute Gasteiger partial charge is 0.302 e. The minimum Gasteiger partial charge on any atom is -0.461 e. The van der Waals surface area contributed by atoms with Gasteiger partial charge in [-0.3, -0.25) is 4.79 Å². The molecule has 0 aliphatic heterocycles. The summed E-state index contributed by atoms with van der Waals surface area (Å²) in [5.41, 5.74) is 1.25. The van der Waals surface area contributed by atoms with Gasteiger partial charge in [-0.05, 0) is 5.57 Å². The van der Waals surface area contributed by atoms with E-state index in [4.69, 9.17) is 12.6 Å². The summed E-state index contributed by atoms with van der Waals surface area (Å²) in [6, 6.07) is 0. The molecule has 0 amide bonds. The third-order valence-electron chi connectivity index (χ3n) is 1.29. The molecule has 3 heteroatoms. The fourth-order valence-electron chi connectivity index (χ4n) is 0.702. The van der Waals surface area contributed by atoms with Crippen molar-refractivity contribution < 1.29 is 9.53 Å². The predicted octanol–water partition coefficient (Wildman–Crippen LogP) is 1.90. The molecule has 0 aromatic carbocycles. The van der Waals surface area contributed by atoms with Crippen LogP contribution in [0.25, 0.3) is 0 Å². The molecule has 72 valence electrons. The van der Waals surface area contributed by atoms with Crippen molar-refractivity contribution in [1.29, 1.82) is 0 Å². The fraction of sp³-hybridized carbons (Fsp3) is 0.182. The minimum absolute atomic E-state index is 0.213. The Balaban J connectivity index is 4.31. The van der Waals surface area contributed by atoms with Crippen molar-refractivity contribution in [3.8, 4) is 0 Å². The molecule has 0 fully saturated rings. The summed E-state index contributed by atoms with van der Waals surface area (Å²) in [7, 11) is 5.35. The zero-order valence-corrected chi connectivity index (χ0v) is 8.32. The summed E-state index contributed by atoms with van der Waals surface area (Å²) in [5.74, 6) is -0.320. The Morgan fingerprint density at radius 2 is 2.14 bits per heavy atom. The number of esters is 1. The molecule has 0 aliphatic rings. The van der Waals surface area contributed by atoms with Crippen LogP contribution in [0.2, 0.25) is 0 Å². The Hall–Kier alpha value is -1.51. The second-order valence-corrected chi connectivity index (χ2v) is 2.67. The first-order valence-electron chi connectivity index (χ1n) is 4.13. The Labute approximate surface area is 86.1 Å². The van der Waals surface area contributed by atoms with E-state index in [1.807, 2.05) is 0 Å². The quantitative estimate of drug-likeness (QED) is 0.374. The van der Waals surface area contributed by atoms with Crippen LogP contribution in [-0.2, 0) is 9.53 Å². The van der Waals surface area contributed by atoms with Crippen LogP contribution < -0.4 is 0 Å². The number of carbonyl (C=O) groups is 1. The summed E-state index contributed by atoms with van der Waals surface area (Å²) in [6.45, 7) is 8.63. The van der Waals surface area contributed by atoms with E-state index in [1.165, 1.54) is 6.92 Å². The van der Waals surface area contributed by atoms with Gasteiger partial charge >= 0.3 is 5.97 Å². The van der Waals surface area contributed by atoms with E-state index in [-0.39, 0.29) is 12.6 Å². The zero-order valence-electron chi connectivity index (χ0n) is 8.32. The average Bonchev–Trinajstić information content (AvgIpc) is 2.09. The molecule has 0 aromatic rings. The second-order valence-electron chi connectivity index (χ2n) is 2.67. The van der Waals surface area contributed by atoms with Gasteiger partial charge in [-0.1, -0.05) is 30.9 Å². The third kappa shape index (κ3) is 7.16. The first kappa shape index (κ1) is 12.5. The summed E-state index contributed by atoms with van der Waals surface area (Å²) < 4.78 is 4.81. The Morgan fingerprint density at radius 3 is 2.57 bits per heavy atom. The van der Waals surface area contributed by atoms with E-state index in [1.54, 1.807) is 24.3 Å². The maximum absolute atomic E-state index is 10.5. The van der Waals surface area contributed by atoms with Crippen molar-refractivity contribution in [2.75, 3.05) is 6.61 Å². The van der Waals surface area contributed by atoms with Crippen LogP contribution in [-0.4, -0.2) is 20.4 Å². The normalized spacial score (nSPS) is 11.4. The van der Waals surface area contributed by atoms with Gasteiger partial charge in [-0.15, -0.1) is 12.1 Å². The number of rotatable bonds is 5. The molecule has 14 heavy (non-hydrogen) atoms. The first-order valence-corrected chi connectivity index (χ1v) is 4.13. The number of carbonyl (C=O) groups excluding carboxylic acids is 1. The Kier molecular flexibility index (Phi) is 6.20. The number of hydrogen-bond acceptors (Lipinski definition) is 2. The van der Waals surface area contributed by atoms with Crippen molar-refractivity contribution in [3.63, 3.8) is 0 Å². The molecule has 0 heterocycles. The lowest BCUT2D eigenvalue weighted by molar-refractivity contribution is -0.139. The van der Waals surface area contributed by atoms with Crippen LogP contribution in [0, 0.1) is 0 Å². The Bertz CT molecular complexity index is 288. The molecule has 0 bridgehead atoms. The van der Waals surface area contributed by atoms with Crippen molar-refractivity contribution in [1.82, 2.24) is 0 Å². The highest BCUT2D eigenvalue weighted by molar-refractivity contribution is 6.23. The van der Waals surface area contributed by atoms with Gasteiger partial charge < -0.3 is 4.74 Å². The fourth-order valence-corrected chi connectivity index (χ4v) is 0.702. The molecule has 0 saturated carbocycles. The minimum atomic E-state index is -0.320. The largest absolute Gasteiger partial charge is 0.461 e. The van der Waals surface area contributed by atoms with Gasteiger partial charge in [0.2, 0.25) is 0 Å². The molecular weight excluding hydrogens is 175 g/mol. The van der Waals surface area contributed by atoms with Crippen molar-refractivity contribution in [2.45, 2.75) is 6.92 Å². The van der Waals surface area contributed by atoms with E-state index >= 15 is 0 Å². The number of hydrogen-bond donors (Lipinski definition) is 0. The molecule has 0 unspecified atom stereocenters. The van der Waals surface area contributed by atoms with E-state index in [0.717, 1.165) is 5.57 Å². The van der Waals surface area contributed by atoms with Crippen molar-refractivity contribution in [2.24, 2.45) is 0 Å². The second kappa shape index (κ2) is 6.95. The Morgan fingerprint density at radius 1 is 1.50 bits per heavy atom. The topological polar surface area (TPSA) is 26.3 Å². The molecule has 2 radical (unpaired) electrons. The molecule has 0 saturated heterocycles. The van der Waals surface area contributed by atoms with Crippen LogP contribution >= 0.6 is 0 Å². The van der Waals surface area contributed by atoms with Gasteiger partial charge in [-0.2, -0.15) is 0 Å². The maximum atomic E-state index is 10.5. The summed E-state index contributed by atoms with van der Waals surface area (Å²) in [4.78, 5) is 10.5. The molecular formula is C11H13BO2. The molecule has 2 nitrogen and oxygen atoms in total. The highest BCUT2D eigenvalue weighted by Crippen LogP contribution is 2.00. The molecule has 0 atom stereocenters. The number of ether oxygens (including phenoxy) is 1. The van der Waals surface area contributed by atoms with Crippen molar-refractivity contribution >= 4 is 13.8 Å². The summed E-state index contributed by atoms with van der Waals surface area (Å²) in [5, 5.41) is 0. The van der Waals surface area contributed by atoms with Gasteiger partial charge in [0.1, 0.15) is 14.5 Å². The summed E-state index contributed by atoms with van der Waals surface area (Å²) in [6.07, 6.45) is 6.72. The third-order valence-corrected chi connectivity index (χ3v) is 1.29. The van der Waals surface area contributed by atoms with Gasteiger partial charge in [0.05, 0.1) is 0 Å². The van der Waals surface area contributed by atoms with Crippen LogP contribution in [0.4, 0.5) is 0 Å². The lowest BCUT2D eigenvalue weighted by atomic mass is 9.97. The highest BCUT2D eigenvalue weighted by Gasteiger charge is 1.95. The van der Waals surface area contributed by atoms with Crippen LogP contribution in [0.3, 0.4) is 0 Å². The molecule has 0 aliphatic carbocycles. The van der Waals surface area contributed by atoms with Crippen molar-refractivity contribution in [3.05, 3.63) is 48.5 Å². The van der Waals surface area contributed by atoms with E-state index in [2.05, 4.69) is 13.2 Å². The van der Waals surface area contributed by atoms with Crippen LogP contribution in [0.1, 0.15) is 6.92 Å². The molecule has 0 spiro atoms. The summed E-state index contributed by atoms with van der Waals surface area (Å²) >= 11 is 0. The standard InChI is InChI=1S/C11H13BO2/c1-4-5-11(7-6-9(2)12)8-14-10(3)13/h4-7H,1-2,8H2,3H3/b7-6-,11-5+. The number of allylic oxidation sites excluding steroid dienone is 4. The van der Waals surface area contributed by atoms with Gasteiger partial charge in [0.25, 0.3) is 0 Å². The SMILES string of the molecule is [B]C(=C)/C=C\C(=C/C=C)COC(C)=O. The van der Waals surface area contributed by atoms with Gasteiger partial charge in [0, 0.05) is 6.92 Å². The van der Waals surface area contributed by atoms with Gasteiger partial charge in [-0.25, -0.2) is 0 Å². The highest BCUT2D eigenvalue weighted by atomic mass is 16.5. The average molecular weight is 188 g/mol. The first-order chi connectivity index (χ1) is 6.56. The van der Waals surface area contributed by atoms with Gasteiger partial charge in [0.15, 0.2) is 0 Å². The molecule has 0 aromatic heterocycles. The molecule has 0 rings (SSSR count). The van der Waals surface area contributed by atoms with E-state index < -0.39 is 0 Å². The molecule has 0 N–H and O–H groups in total. The van der Waals surface area contributed by atoms with Crippen LogP contribution in [0.15, 0.2) is 48.5 Å². The maximum Gasteiger partial charge on any atom is 0.302 e. The van der Waals surface area contributed by atoms with Crippen LogP contribution in [0.5, 0.6) is 0 Å². The monoisotopic (exact) mass is 188 g/mol. The lowest BCUT2D eigenvalue weighted by Gasteiger charge is -2.01. The van der Waals surface area contributed by atoms with E-state index in [0.29, 0.717) is 5.47 Å². The zero-order chi connectivity index (χ0) is 11.0. The van der Waals surface area contributed by atoms with E-state index in [9.17, 15) is 4.79 Å². The predicted molar refractivity (Wildman–Crippen MR) is 58.9 cm³/mol.